The summed E-state index contributed by atoms with van der Waals surface area (Å²) in [5, 5.41) is 3.60. The zero-order valence-electron chi connectivity index (χ0n) is 16.4. The van der Waals surface area contributed by atoms with Crippen molar-refractivity contribution < 1.29 is 14.3 Å². The van der Waals surface area contributed by atoms with Gasteiger partial charge in [-0.3, -0.25) is 4.79 Å². The Bertz CT molecular complexity index is 802. The van der Waals surface area contributed by atoms with Crippen LogP contribution in [0.3, 0.4) is 0 Å². The lowest BCUT2D eigenvalue weighted by Crippen LogP contribution is -2.33. The highest BCUT2D eigenvalue weighted by molar-refractivity contribution is 7.98. The number of carbonyl (C=O) groups excluding carboxylic acids is 2. The molecule has 154 valence electrons. The summed E-state index contributed by atoms with van der Waals surface area (Å²) in [6.45, 7) is 0.441. The van der Waals surface area contributed by atoms with E-state index in [4.69, 9.17) is 16.3 Å². The fraction of sp³-hybridized carbons (Fsp3) is 0.391. The van der Waals surface area contributed by atoms with Crippen LogP contribution >= 0.6 is 23.4 Å². The van der Waals surface area contributed by atoms with Gasteiger partial charge >= 0.3 is 5.97 Å². The van der Waals surface area contributed by atoms with Crippen molar-refractivity contribution in [3.63, 3.8) is 0 Å². The molecule has 4 nitrogen and oxygen atoms in total. The van der Waals surface area contributed by atoms with Crippen molar-refractivity contribution in [1.29, 1.82) is 0 Å². The Hall–Kier alpha value is -1.98. The molecule has 0 spiro atoms. The molecule has 0 atom stereocenters. The van der Waals surface area contributed by atoms with Gasteiger partial charge in [-0.1, -0.05) is 43.0 Å². The number of rotatable bonds is 8. The van der Waals surface area contributed by atoms with Gasteiger partial charge < -0.3 is 10.1 Å². The Morgan fingerprint density at radius 3 is 2.38 bits per heavy atom. The maximum Gasteiger partial charge on any atom is 0.338 e. The van der Waals surface area contributed by atoms with Crippen molar-refractivity contribution in [2.45, 2.75) is 42.8 Å². The van der Waals surface area contributed by atoms with Gasteiger partial charge in [-0.15, -0.1) is 11.8 Å². The van der Waals surface area contributed by atoms with Crippen LogP contribution in [-0.2, 0) is 15.3 Å². The van der Waals surface area contributed by atoms with Gasteiger partial charge in [0.2, 0.25) is 0 Å². The summed E-state index contributed by atoms with van der Waals surface area (Å²) in [6, 6.07) is 15.0. The minimum atomic E-state index is -0.477. The summed E-state index contributed by atoms with van der Waals surface area (Å²) in [4.78, 5) is 25.2. The summed E-state index contributed by atoms with van der Waals surface area (Å²) in [7, 11) is 0. The van der Waals surface area contributed by atoms with Crippen molar-refractivity contribution in [3.8, 4) is 0 Å². The van der Waals surface area contributed by atoms with E-state index in [0.717, 1.165) is 21.2 Å². The molecule has 1 fully saturated rings. The molecule has 0 aromatic heterocycles. The third kappa shape index (κ3) is 7.41. The molecule has 0 bridgehead atoms. The lowest BCUT2D eigenvalue weighted by Gasteiger charge is -2.21. The summed E-state index contributed by atoms with van der Waals surface area (Å²) in [5.74, 6) is 0.636. The van der Waals surface area contributed by atoms with Crippen molar-refractivity contribution in [1.82, 2.24) is 5.32 Å². The van der Waals surface area contributed by atoms with Gasteiger partial charge in [0.25, 0.3) is 5.91 Å². The van der Waals surface area contributed by atoms with Crippen LogP contribution in [0.2, 0.25) is 5.02 Å². The maximum absolute atomic E-state index is 12.2. The summed E-state index contributed by atoms with van der Waals surface area (Å²) in [6.07, 6.45) is 6.11. The fourth-order valence-corrected chi connectivity index (χ4v) is 4.33. The van der Waals surface area contributed by atoms with E-state index in [9.17, 15) is 9.59 Å². The van der Waals surface area contributed by atoms with Gasteiger partial charge in [0.15, 0.2) is 6.61 Å². The Kier molecular flexibility index (Phi) is 8.44. The van der Waals surface area contributed by atoms with Crippen LogP contribution in [0.15, 0.2) is 53.4 Å². The molecule has 1 amide bonds. The van der Waals surface area contributed by atoms with Crippen molar-refractivity contribution >= 4 is 35.2 Å². The van der Waals surface area contributed by atoms with Crippen LogP contribution in [0.4, 0.5) is 0 Å². The Morgan fingerprint density at radius 1 is 1.00 bits per heavy atom. The molecule has 6 heteroatoms. The number of hydrogen-bond acceptors (Lipinski definition) is 4. The molecule has 2 aromatic rings. The first-order chi connectivity index (χ1) is 14.1. The first-order valence-corrected chi connectivity index (χ1v) is 11.4. The van der Waals surface area contributed by atoms with E-state index in [2.05, 4.69) is 5.32 Å². The van der Waals surface area contributed by atoms with Crippen LogP contribution in [-0.4, -0.2) is 25.0 Å². The molecular weight excluding hydrogens is 406 g/mol. The third-order valence-electron chi connectivity index (χ3n) is 5.06. The largest absolute Gasteiger partial charge is 0.452 e. The molecule has 0 heterocycles. The van der Waals surface area contributed by atoms with Gasteiger partial charge in [0.05, 0.1) is 5.56 Å². The molecule has 0 radical (unpaired) electrons. The predicted molar refractivity (Wildman–Crippen MR) is 117 cm³/mol. The van der Waals surface area contributed by atoms with E-state index >= 15 is 0 Å². The minimum absolute atomic E-state index is 0.236. The highest BCUT2D eigenvalue weighted by Gasteiger charge is 2.15. The van der Waals surface area contributed by atoms with Crippen molar-refractivity contribution in [3.05, 3.63) is 64.7 Å². The van der Waals surface area contributed by atoms with Gasteiger partial charge in [-0.25, -0.2) is 4.79 Å². The highest BCUT2D eigenvalue weighted by Crippen LogP contribution is 2.24. The number of benzene rings is 2. The number of amides is 1. The molecule has 3 rings (SSSR count). The Morgan fingerprint density at radius 2 is 1.69 bits per heavy atom. The normalized spacial score (nSPS) is 14.4. The maximum atomic E-state index is 12.2. The van der Waals surface area contributed by atoms with Gasteiger partial charge in [-0.2, -0.15) is 0 Å². The second kappa shape index (κ2) is 11.3. The lowest BCUT2D eigenvalue weighted by molar-refractivity contribution is -0.124. The minimum Gasteiger partial charge on any atom is -0.452 e. The third-order valence-corrected chi connectivity index (χ3v) is 6.39. The van der Waals surface area contributed by atoms with E-state index in [1.807, 2.05) is 36.4 Å². The van der Waals surface area contributed by atoms with Crippen LogP contribution in [0.25, 0.3) is 0 Å². The quantitative estimate of drug-likeness (QED) is 0.443. The second-order valence-corrected chi connectivity index (χ2v) is 8.81. The van der Waals surface area contributed by atoms with E-state index in [1.54, 1.807) is 23.9 Å². The summed E-state index contributed by atoms with van der Waals surface area (Å²) in [5.41, 5.74) is 1.55. The van der Waals surface area contributed by atoms with Gasteiger partial charge in [0, 0.05) is 22.2 Å². The zero-order chi connectivity index (χ0) is 20.5. The number of thioether (sulfide) groups is 1. The Labute approximate surface area is 181 Å². The average Bonchev–Trinajstić information content (AvgIpc) is 2.76. The summed E-state index contributed by atoms with van der Waals surface area (Å²) >= 11 is 7.60. The van der Waals surface area contributed by atoms with Crippen LogP contribution in [0.5, 0.6) is 0 Å². The lowest BCUT2D eigenvalue weighted by atomic mass is 9.89. The van der Waals surface area contributed by atoms with Crippen LogP contribution in [0.1, 0.15) is 48.0 Å². The molecule has 2 aromatic carbocycles. The van der Waals surface area contributed by atoms with E-state index < -0.39 is 5.97 Å². The fourth-order valence-electron chi connectivity index (χ4n) is 3.35. The molecule has 1 aliphatic carbocycles. The zero-order valence-corrected chi connectivity index (χ0v) is 17.9. The van der Waals surface area contributed by atoms with E-state index in [-0.39, 0.29) is 12.5 Å². The number of ether oxygens (including phenoxy) is 1. The number of hydrogen-bond donors (Lipinski definition) is 1. The molecule has 0 saturated heterocycles. The van der Waals surface area contributed by atoms with Gasteiger partial charge in [0.1, 0.15) is 0 Å². The topological polar surface area (TPSA) is 55.4 Å². The molecule has 1 aliphatic rings. The number of nitrogens with one attached hydrogen (secondary N) is 1. The smallest absolute Gasteiger partial charge is 0.338 e. The van der Waals surface area contributed by atoms with Crippen molar-refractivity contribution in [2.75, 3.05) is 13.2 Å². The highest BCUT2D eigenvalue weighted by atomic mass is 35.5. The molecule has 29 heavy (non-hydrogen) atoms. The molecule has 0 aliphatic heterocycles. The van der Waals surface area contributed by atoms with E-state index in [0.29, 0.717) is 18.0 Å². The van der Waals surface area contributed by atoms with Crippen molar-refractivity contribution in [2.24, 2.45) is 5.92 Å². The standard InChI is InChI=1S/C23H26ClNO3S/c24-20-10-12-21(13-11-20)29-16-18-6-8-19(9-7-18)23(27)28-15-22(26)25-14-17-4-2-1-3-5-17/h6-13,17H,1-5,14-16H2,(H,25,26). The number of halogens is 1. The van der Waals surface area contributed by atoms with E-state index in [1.165, 1.54) is 32.1 Å². The Balaban J connectivity index is 1.38. The van der Waals surface area contributed by atoms with Crippen LogP contribution < -0.4 is 5.32 Å². The molecule has 0 unspecified atom stereocenters. The summed E-state index contributed by atoms with van der Waals surface area (Å²) < 4.78 is 5.14. The SMILES string of the molecule is O=C(COC(=O)c1ccc(CSc2ccc(Cl)cc2)cc1)NCC1CCCCC1. The first kappa shape index (κ1) is 21.7. The predicted octanol–water partition coefficient (Wildman–Crippen LogP) is 5.49. The van der Waals surface area contributed by atoms with Gasteiger partial charge in [-0.05, 0) is 60.7 Å². The molecule has 1 N–H and O–H groups in total. The second-order valence-electron chi connectivity index (χ2n) is 7.32. The molecule has 1 saturated carbocycles. The number of esters is 1. The molecular formula is C23H26ClNO3S. The number of carbonyl (C=O) groups is 2. The monoisotopic (exact) mass is 431 g/mol. The average molecular weight is 432 g/mol. The first-order valence-electron chi connectivity index (χ1n) is 10.0. The van der Waals surface area contributed by atoms with Crippen LogP contribution in [0, 0.1) is 5.92 Å².